The topological polar surface area (TPSA) is 47.6 Å². The maximum absolute atomic E-state index is 10.9. The van der Waals surface area contributed by atoms with Gasteiger partial charge in [0, 0.05) is 6.54 Å². The number of halogens is 1. The minimum Gasteiger partial charge on any atom is -0.495 e. The van der Waals surface area contributed by atoms with Crippen molar-refractivity contribution in [1.29, 1.82) is 0 Å². The van der Waals surface area contributed by atoms with E-state index in [2.05, 4.69) is 10.1 Å². The van der Waals surface area contributed by atoms with E-state index in [9.17, 15) is 4.79 Å². The Kier molecular flexibility index (Phi) is 4.43. The molecule has 0 saturated carbocycles. The highest BCUT2D eigenvalue weighted by Crippen LogP contribution is 2.27. The molecule has 1 N–H and O–H groups in total. The lowest BCUT2D eigenvalue weighted by Crippen LogP contribution is -2.22. The number of nitrogens with one attached hydrogen (secondary N) is 1. The van der Waals surface area contributed by atoms with Gasteiger partial charge in [-0.2, -0.15) is 0 Å². The third-order valence-electron chi connectivity index (χ3n) is 2.22. The van der Waals surface area contributed by atoms with Crippen LogP contribution in [0.4, 0.5) is 4.79 Å². The fourth-order valence-corrected chi connectivity index (χ4v) is 1.55. The van der Waals surface area contributed by atoms with E-state index in [0.717, 1.165) is 11.1 Å². The summed E-state index contributed by atoms with van der Waals surface area (Å²) in [6.45, 7) is 2.30. The van der Waals surface area contributed by atoms with E-state index in [0.29, 0.717) is 17.3 Å². The van der Waals surface area contributed by atoms with Crippen LogP contribution >= 0.6 is 11.6 Å². The van der Waals surface area contributed by atoms with Crippen LogP contribution < -0.4 is 10.1 Å². The normalized spacial score (nSPS) is 9.75. The van der Waals surface area contributed by atoms with Gasteiger partial charge in [0.1, 0.15) is 5.75 Å². The van der Waals surface area contributed by atoms with E-state index in [-0.39, 0.29) is 0 Å². The number of alkyl carbamates (subject to hydrolysis) is 1. The maximum atomic E-state index is 10.9. The van der Waals surface area contributed by atoms with Crippen LogP contribution in [0.15, 0.2) is 12.1 Å². The van der Waals surface area contributed by atoms with E-state index in [1.54, 1.807) is 13.2 Å². The van der Waals surface area contributed by atoms with Crippen LogP contribution in [0.5, 0.6) is 5.75 Å². The van der Waals surface area contributed by atoms with Gasteiger partial charge in [-0.1, -0.05) is 11.6 Å². The Labute approximate surface area is 99.5 Å². The molecule has 5 heteroatoms. The van der Waals surface area contributed by atoms with Gasteiger partial charge in [-0.05, 0) is 30.2 Å². The molecule has 16 heavy (non-hydrogen) atoms. The lowest BCUT2D eigenvalue weighted by Gasteiger charge is -2.10. The molecule has 0 saturated heterocycles. The monoisotopic (exact) mass is 243 g/mol. The summed E-state index contributed by atoms with van der Waals surface area (Å²) in [5.74, 6) is 0.626. The highest BCUT2D eigenvalue weighted by atomic mass is 35.5. The molecule has 1 rings (SSSR count). The van der Waals surface area contributed by atoms with Gasteiger partial charge in [-0.25, -0.2) is 4.79 Å². The first-order valence-electron chi connectivity index (χ1n) is 4.73. The van der Waals surface area contributed by atoms with Crippen molar-refractivity contribution in [2.75, 3.05) is 14.2 Å². The molecular formula is C11H14ClNO3. The molecule has 1 amide bonds. The molecule has 0 aromatic heterocycles. The summed E-state index contributed by atoms with van der Waals surface area (Å²) in [6, 6.07) is 3.60. The van der Waals surface area contributed by atoms with E-state index < -0.39 is 6.09 Å². The van der Waals surface area contributed by atoms with Crippen molar-refractivity contribution in [1.82, 2.24) is 5.32 Å². The second kappa shape index (κ2) is 5.61. The Bertz CT molecular complexity index is 393. The molecule has 0 heterocycles. The number of methoxy groups -OCH3 is 2. The predicted octanol–water partition coefficient (Wildman–Crippen LogP) is 2.51. The van der Waals surface area contributed by atoms with E-state index in [4.69, 9.17) is 16.3 Å². The second-order valence-corrected chi connectivity index (χ2v) is 3.67. The first-order valence-corrected chi connectivity index (χ1v) is 5.11. The summed E-state index contributed by atoms with van der Waals surface area (Å²) in [5.41, 5.74) is 1.92. The zero-order valence-electron chi connectivity index (χ0n) is 9.46. The molecule has 0 fully saturated rings. The Morgan fingerprint density at radius 3 is 2.69 bits per heavy atom. The zero-order valence-corrected chi connectivity index (χ0v) is 10.2. The van der Waals surface area contributed by atoms with Gasteiger partial charge in [0.25, 0.3) is 0 Å². The minimum absolute atomic E-state index is 0.377. The number of amides is 1. The molecule has 0 aliphatic carbocycles. The van der Waals surface area contributed by atoms with Crippen molar-refractivity contribution < 1.29 is 14.3 Å². The highest BCUT2D eigenvalue weighted by Gasteiger charge is 2.07. The molecule has 4 nitrogen and oxygen atoms in total. The van der Waals surface area contributed by atoms with Gasteiger partial charge in [0.05, 0.1) is 19.2 Å². The average molecular weight is 244 g/mol. The minimum atomic E-state index is -0.466. The second-order valence-electron chi connectivity index (χ2n) is 3.26. The van der Waals surface area contributed by atoms with Crippen molar-refractivity contribution in [3.05, 3.63) is 28.3 Å². The number of rotatable bonds is 3. The van der Waals surface area contributed by atoms with Crippen molar-refractivity contribution >= 4 is 17.7 Å². The van der Waals surface area contributed by atoms with E-state index >= 15 is 0 Å². The fourth-order valence-electron chi connectivity index (χ4n) is 1.28. The highest BCUT2D eigenvalue weighted by molar-refractivity contribution is 6.32. The average Bonchev–Trinajstić information content (AvgIpc) is 2.29. The third-order valence-corrected chi connectivity index (χ3v) is 2.51. The predicted molar refractivity (Wildman–Crippen MR) is 62.0 cm³/mol. The standard InChI is InChI=1S/C11H14ClNO3/c1-7-4-10(15-2)9(12)5-8(7)6-13-11(14)16-3/h4-5H,6H2,1-3H3,(H,13,14). The van der Waals surface area contributed by atoms with Crippen LogP contribution in [-0.2, 0) is 11.3 Å². The van der Waals surface area contributed by atoms with Crippen LogP contribution in [0.3, 0.4) is 0 Å². The maximum Gasteiger partial charge on any atom is 0.407 e. The zero-order chi connectivity index (χ0) is 12.1. The Morgan fingerprint density at radius 1 is 1.44 bits per heavy atom. The first-order chi connectivity index (χ1) is 7.58. The SMILES string of the molecule is COC(=O)NCc1cc(Cl)c(OC)cc1C. The summed E-state index contributed by atoms with van der Waals surface area (Å²) in [6.07, 6.45) is -0.466. The van der Waals surface area contributed by atoms with Crippen molar-refractivity contribution in [3.63, 3.8) is 0 Å². The van der Waals surface area contributed by atoms with Crippen LogP contribution in [0.2, 0.25) is 5.02 Å². The van der Waals surface area contributed by atoms with Gasteiger partial charge < -0.3 is 14.8 Å². The summed E-state index contributed by atoms with van der Waals surface area (Å²) < 4.78 is 9.56. The lowest BCUT2D eigenvalue weighted by molar-refractivity contribution is 0.170. The molecule has 1 aromatic rings. The first kappa shape index (κ1) is 12.6. The molecule has 88 valence electrons. The molecule has 0 bridgehead atoms. The Hall–Kier alpha value is -1.42. The van der Waals surface area contributed by atoms with Gasteiger partial charge in [0.2, 0.25) is 0 Å². The van der Waals surface area contributed by atoms with Gasteiger partial charge in [0.15, 0.2) is 0 Å². The van der Waals surface area contributed by atoms with Crippen LogP contribution in [0.1, 0.15) is 11.1 Å². The van der Waals surface area contributed by atoms with Gasteiger partial charge in [-0.15, -0.1) is 0 Å². The number of hydrogen-bond acceptors (Lipinski definition) is 3. The Balaban J connectivity index is 2.81. The number of benzene rings is 1. The van der Waals surface area contributed by atoms with Crippen molar-refractivity contribution in [2.45, 2.75) is 13.5 Å². The van der Waals surface area contributed by atoms with Crippen molar-refractivity contribution in [3.8, 4) is 5.75 Å². The number of carbonyl (C=O) groups is 1. The van der Waals surface area contributed by atoms with E-state index in [1.165, 1.54) is 7.11 Å². The number of ether oxygens (including phenoxy) is 2. The van der Waals surface area contributed by atoms with Crippen LogP contribution in [-0.4, -0.2) is 20.3 Å². The molecule has 0 aliphatic rings. The van der Waals surface area contributed by atoms with Crippen LogP contribution in [0, 0.1) is 6.92 Å². The van der Waals surface area contributed by atoms with Crippen LogP contribution in [0.25, 0.3) is 0 Å². The molecule has 1 aromatic carbocycles. The van der Waals surface area contributed by atoms with Crippen molar-refractivity contribution in [2.24, 2.45) is 0 Å². The third kappa shape index (κ3) is 3.03. The van der Waals surface area contributed by atoms with Gasteiger partial charge in [-0.3, -0.25) is 0 Å². The Morgan fingerprint density at radius 2 is 2.12 bits per heavy atom. The fraction of sp³-hybridized carbons (Fsp3) is 0.364. The molecule has 0 aliphatic heterocycles. The smallest absolute Gasteiger partial charge is 0.407 e. The summed E-state index contributed by atoms with van der Waals surface area (Å²) in [4.78, 5) is 10.9. The molecule has 0 atom stereocenters. The van der Waals surface area contributed by atoms with Gasteiger partial charge >= 0.3 is 6.09 Å². The lowest BCUT2D eigenvalue weighted by atomic mass is 10.1. The molecule has 0 spiro atoms. The largest absolute Gasteiger partial charge is 0.495 e. The molecular weight excluding hydrogens is 230 g/mol. The molecule has 0 radical (unpaired) electrons. The quantitative estimate of drug-likeness (QED) is 0.887. The summed E-state index contributed by atoms with van der Waals surface area (Å²) in [7, 11) is 2.89. The number of hydrogen-bond donors (Lipinski definition) is 1. The molecule has 0 unspecified atom stereocenters. The summed E-state index contributed by atoms with van der Waals surface area (Å²) >= 11 is 5.98. The number of aryl methyl sites for hydroxylation is 1. The van der Waals surface area contributed by atoms with E-state index in [1.807, 2.05) is 13.0 Å². The number of carbonyl (C=O) groups excluding carboxylic acids is 1. The summed E-state index contributed by atoms with van der Waals surface area (Å²) in [5, 5.41) is 3.12.